The smallest absolute Gasteiger partial charge is 0.195 e. The summed E-state index contributed by atoms with van der Waals surface area (Å²) in [7, 11) is 0. The minimum absolute atomic E-state index is 0.149. The van der Waals surface area contributed by atoms with Crippen LogP contribution in [0, 0.1) is 0 Å². The zero-order valence-corrected chi connectivity index (χ0v) is 21.0. The number of rotatable bonds is 1. The normalized spacial score (nSPS) is 11.9. The van der Waals surface area contributed by atoms with E-state index in [0.717, 1.165) is 21.5 Å². The predicted molar refractivity (Wildman–Crippen MR) is 164 cm³/mol. The van der Waals surface area contributed by atoms with E-state index in [1.54, 1.807) is 36.4 Å². The molecule has 4 nitrogen and oxygen atoms in total. The molecule has 4 heteroatoms. The molecule has 8 aromatic carbocycles. The van der Waals surface area contributed by atoms with Crippen molar-refractivity contribution in [3.05, 3.63) is 150 Å². The Morgan fingerprint density at radius 2 is 0.675 bits per heavy atom. The van der Waals surface area contributed by atoms with Crippen LogP contribution in [0.25, 0.3) is 75.8 Å². The summed E-state index contributed by atoms with van der Waals surface area (Å²) >= 11 is 0. The Balaban J connectivity index is 1.69. The van der Waals surface area contributed by atoms with Gasteiger partial charge < -0.3 is 0 Å². The molecule has 0 spiro atoms. The van der Waals surface area contributed by atoms with Gasteiger partial charge in [-0.3, -0.25) is 19.2 Å². The van der Waals surface area contributed by atoms with Gasteiger partial charge in [-0.1, -0.05) is 78.9 Å². The molecule has 0 aliphatic heterocycles. The van der Waals surface area contributed by atoms with E-state index in [0.29, 0.717) is 32.7 Å². The Labute approximate surface area is 225 Å². The molecular formula is C36H18O4. The number of fused-ring (bicyclic) bond motifs is 6. The molecule has 0 radical (unpaired) electrons. The molecule has 40 heavy (non-hydrogen) atoms. The summed E-state index contributed by atoms with van der Waals surface area (Å²) < 4.78 is 0. The quantitative estimate of drug-likeness (QED) is 0.232. The van der Waals surface area contributed by atoms with Crippen molar-refractivity contribution in [1.29, 1.82) is 0 Å². The highest BCUT2D eigenvalue weighted by Gasteiger charge is 2.23. The van der Waals surface area contributed by atoms with Crippen molar-refractivity contribution in [3.8, 4) is 11.1 Å². The molecule has 0 saturated carbocycles. The first-order valence-corrected chi connectivity index (χ1v) is 13.0. The predicted octanol–water partition coefficient (Wildman–Crippen LogP) is 6.59. The second-order valence-corrected chi connectivity index (χ2v) is 10.3. The Kier molecular flexibility index (Phi) is 4.51. The van der Waals surface area contributed by atoms with Crippen LogP contribution in [-0.2, 0) is 0 Å². The van der Waals surface area contributed by atoms with E-state index in [2.05, 4.69) is 0 Å². The standard InChI is InChI=1S/C36H18O4/c37-33-24-14-20-10-4-6-12-22(20)16-26(24)35(39)31-28(33)18-29-32(30(31)19-8-2-1-3-9-19)36(40)27-17-23-13-7-5-11-21(23)15-25(27)34(29)38/h1-18H. The third kappa shape index (κ3) is 2.96. The maximum atomic E-state index is 14.2. The Hall–Kier alpha value is -5.48. The maximum Gasteiger partial charge on any atom is 0.195 e. The van der Waals surface area contributed by atoms with E-state index >= 15 is 0 Å². The number of hydrogen-bond donors (Lipinski definition) is 0. The first kappa shape index (κ1) is 22.5. The van der Waals surface area contributed by atoms with Gasteiger partial charge in [-0.05, 0) is 57.4 Å². The Morgan fingerprint density at radius 3 is 1.07 bits per heavy atom. The van der Waals surface area contributed by atoms with Crippen LogP contribution in [-0.4, -0.2) is 0 Å². The first-order valence-electron chi connectivity index (χ1n) is 13.0. The number of benzene rings is 8. The minimum Gasteiger partial charge on any atom is -0.289 e. The molecule has 0 atom stereocenters. The second kappa shape index (κ2) is 8.01. The summed E-state index contributed by atoms with van der Waals surface area (Å²) in [4.78, 5) is 56.5. The molecule has 186 valence electrons. The molecule has 0 N–H and O–H groups in total. The summed E-state index contributed by atoms with van der Waals surface area (Å²) in [5.41, 5.74) is -0.392. The number of hydrogen-bond acceptors (Lipinski definition) is 4. The molecule has 0 aliphatic rings. The average Bonchev–Trinajstić information content (AvgIpc) is 3.00. The largest absolute Gasteiger partial charge is 0.289 e. The van der Waals surface area contributed by atoms with Crippen LogP contribution in [0.15, 0.2) is 128 Å². The Bertz CT molecular complexity index is 2450. The highest BCUT2D eigenvalue weighted by Crippen LogP contribution is 2.34. The fraction of sp³-hybridized carbons (Fsp3) is 0. The zero-order valence-electron chi connectivity index (χ0n) is 21.0. The van der Waals surface area contributed by atoms with Crippen molar-refractivity contribution in [2.24, 2.45) is 0 Å². The summed E-state index contributed by atoms with van der Waals surface area (Å²) in [6.45, 7) is 0. The lowest BCUT2D eigenvalue weighted by molar-refractivity contribution is 1.63. The highest BCUT2D eigenvalue weighted by atomic mass is 16.1. The second-order valence-electron chi connectivity index (χ2n) is 10.3. The van der Waals surface area contributed by atoms with Gasteiger partial charge in [-0.15, -0.1) is 0 Å². The van der Waals surface area contributed by atoms with E-state index < -0.39 is 0 Å². The van der Waals surface area contributed by atoms with Crippen LogP contribution in [0.5, 0.6) is 0 Å². The van der Waals surface area contributed by atoms with Crippen molar-refractivity contribution in [2.45, 2.75) is 0 Å². The topological polar surface area (TPSA) is 68.3 Å². The molecule has 0 aromatic heterocycles. The van der Waals surface area contributed by atoms with Gasteiger partial charge in [0.2, 0.25) is 0 Å². The summed E-state index contributed by atoms with van der Waals surface area (Å²) in [5, 5.41) is 5.22. The van der Waals surface area contributed by atoms with Crippen LogP contribution < -0.4 is 21.7 Å². The molecule has 0 saturated heterocycles. The molecule has 0 unspecified atom stereocenters. The molecule has 0 bridgehead atoms. The zero-order chi connectivity index (χ0) is 27.1. The first-order chi connectivity index (χ1) is 19.5. The van der Waals surface area contributed by atoms with Crippen LogP contribution in [0.4, 0.5) is 0 Å². The molecule has 8 aromatic rings. The van der Waals surface area contributed by atoms with E-state index in [-0.39, 0.29) is 43.3 Å². The molecular weight excluding hydrogens is 496 g/mol. The molecule has 0 amide bonds. The molecule has 0 aliphatic carbocycles. The van der Waals surface area contributed by atoms with E-state index in [1.165, 1.54) is 6.07 Å². The highest BCUT2D eigenvalue weighted by molar-refractivity contribution is 6.19. The van der Waals surface area contributed by atoms with Crippen molar-refractivity contribution in [3.63, 3.8) is 0 Å². The van der Waals surface area contributed by atoms with E-state index in [1.807, 2.05) is 66.7 Å². The minimum atomic E-state index is -0.333. The maximum absolute atomic E-state index is 14.2. The molecule has 0 fully saturated rings. The van der Waals surface area contributed by atoms with Crippen LogP contribution in [0.2, 0.25) is 0 Å². The van der Waals surface area contributed by atoms with Crippen LogP contribution >= 0.6 is 0 Å². The van der Waals surface area contributed by atoms with Crippen molar-refractivity contribution in [1.82, 2.24) is 0 Å². The lowest BCUT2D eigenvalue weighted by Gasteiger charge is -2.13. The summed E-state index contributed by atoms with van der Waals surface area (Å²) in [6, 6.07) is 32.6. The van der Waals surface area contributed by atoms with Gasteiger partial charge in [0.15, 0.2) is 21.7 Å². The van der Waals surface area contributed by atoms with Gasteiger partial charge >= 0.3 is 0 Å². The molecule has 8 rings (SSSR count). The molecule has 0 heterocycles. The van der Waals surface area contributed by atoms with Crippen LogP contribution in [0.1, 0.15) is 0 Å². The van der Waals surface area contributed by atoms with E-state index in [4.69, 9.17) is 0 Å². The van der Waals surface area contributed by atoms with Gasteiger partial charge in [-0.2, -0.15) is 0 Å². The Morgan fingerprint density at radius 1 is 0.325 bits per heavy atom. The summed E-state index contributed by atoms with van der Waals surface area (Å²) in [5.74, 6) is 0. The van der Waals surface area contributed by atoms with Gasteiger partial charge in [0, 0.05) is 48.7 Å². The fourth-order valence-corrected chi connectivity index (χ4v) is 6.20. The third-order valence-electron chi connectivity index (χ3n) is 8.08. The van der Waals surface area contributed by atoms with Gasteiger partial charge in [0.25, 0.3) is 0 Å². The van der Waals surface area contributed by atoms with Gasteiger partial charge in [0.05, 0.1) is 0 Å². The lowest BCUT2D eigenvalue weighted by Crippen LogP contribution is -2.19. The third-order valence-corrected chi connectivity index (χ3v) is 8.08. The average molecular weight is 515 g/mol. The van der Waals surface area contributed by atoms with Crippen molar-refractivity contribution < 1.29 is 0 Å². The summed E-state index contributed by atoms with van der Waals surface area (Å²) in [6.07, 6.45) is 0. The van der Waals surface area contributed by atoms with Crippen LogP contribution in [0.3, 0.4) is 0 Å². The fourth-order valence-electron chi connectivity index (χ4n) is 6.20. The van der Waals surface area contributed by atoms with E-state index in [9.17, 15) is 19.2 Å². The van der Waals surface area contributed by atoms with Gasteiger partial charge in [0.1, 0.15) is 0 Å². The monoisotopic (exact) mass is 514 g/mol. The van der Waals surface area contributed by atoms with Crippen molar-refractivity contribution >= 4 is 64.6 Å². The van der Waals surface area contributed by atoms with Crippen molar-refractivity contribution in [2.75, 3.05) is 0 Å². The SMILES string of the molecule is O=c1c2cc3ccccc3cc2c(=O)c2c(-c3ccccc3)c3c(=O)c4cc5ccccc5cc4c(=O)c3cc12. The lowest BCUT2D eigenvalue weighted by atomic mass is 9.87. The van der Waals surface area contributed by atoms with Gasteiger partial charge in [-0.25, -0.2) is 0 Å².